The molecule has 2 rings (SSSR count). The van der Waals surface area contributed by atoms with Crippen LogP contribution < -0.4 is 5.32 Å². The Morgan fingerprint density at radius 1 is 1.29 bits per heavy atom. The van der Waals surface area contributed by atoms with E-state index in [4.69, 9.17) is 0 Å². The molecule has 0 saturated carbocycles. The van der Waals surface area contributed by atoms with Crippen LogP contribution in [0.1, 0.15) is 5.82 Å². The van der Waals surface area contributed by atoms with E-state index in [2.05, 4.69) is 15.5 Å². The lowest BCUT2D eigenvalue weighted by molar-refractivity contribution is 0.521. The van der Waals surface area contributed by atoms with E-state index in [9.17, 15) is 8.42 Å². The number of sulfonamides is 1. The van der Waals surface area contributed by atoms with Gasteiger partial charge in [0.1, 0.15) is 17.0 Å². The highest BCUT2D eigenvalue weighted by molar-refractivity contribution is 7.89. The number of para-hydroxylation sites is 1. The first-order valence-corrected chi connectivity index (χ1v) is 7.95. The Labute approximate surface area is 124 Å². The van der Waals surface area contributed by atoms with Gasteiger partial charge in [0, 0.05) is 34.1 Å². The molecule has 114 valence electrons. The van der Waals surface area contributed by atoms with E-state index in [-0.39, 0.29) is 4.90 Å². The minimum absolute atomic E-state index is 0.271. The highest BCUT2D eigenvalue weighted by Gasteiger charge is 2.20. The predicted octanol–water partition coefficient (Wildman–Crippen LogP) is 0.720. The zero-order valence-electron chi connectivity index (χ0n) is 12.3. The standard InChI is InChI=1S/C13H19N5O2S/c1-17(2)21(19,20)12-7-5-4-6-11(12)14-9-8-13-16-15-10-18(13)3/h4-7,10,14H,8-9H2,1-3H3. The van der Waals surface area contributed by atoms with Gasteiger partial charge in [-0.05, 0) is 12.1 Å². The molecule has 0 spiro atoms. The Morgan fingerprint density at radius 3 is 2.62 bits per heavy atom. The molecule has 0 saturated heterocycles. The van der Waals surface area contributed by atoms with Crippen molar-refractivity contribution in [3.8, 4) is 0 Å². The largest absolute Gasteiger partial charge is 0.383 e. The zero-order chi connectivity index (χ0) is 15.5. The topological polar surface area (TPSA) is 80.1 Å². The van der Waals surface area contributed by atoms with Gasteiger partial charge in [-0.25, -0.2) is 12.7 Å². The summed E-state index contributed by atoms with van der Waals surface area (Å²) in [7, 11) is 1.45. The summed E-state index contributed by atoms with van der Waals surface area (Å²) in [4.78, 5) is 0.271. The number of hydrogen-bond acceptors (Lipinski definition) is 5. The van der Waals surface area contributed by atoms with Gasteiger partial charge in [-0.3, -0.25) is 0 Å². The molecule has 1 aromatic carbocycles. The Balaban J connectivity index is 2.13. The van der Waals surface area contributed by atoms with Gasteiger partial charge in [-0.15, -0.1) is 10.2 Å². The van der Waals surface area contributed by atoms with Gasteiger partial charge < -0.3 is 9.88 Å². The van der Waals surface area contributed by atoms with Crippen molar-refractivity contribution in [2.24, 2.45) is 7.05 Å². The van der Waals surface area contributed by atoms with E-state index in [1.165, 1.54) is 18.4 Å². The molecule has 2 aromatic rings. The molecule has 0 aliphatic carbocycles. The first-order chi connectivity index (χ1) is 9.93. The molecular formula is C13H19N5O2S. The average molecular weight is 309 g/mol. The van der Waals surface area contributed by atoms with Gasteiger partial charge in [0.15, 0.2) is 0 Å². The Bertz CT molecular complexity index is 709. The van der Waals surface area contributed by atoms with Crippen molar-refractivity contribution in [3.05, 3.63) is 36.4 Å². The summed E-state index contributed by atoms with van der Waals surface area (Å²) >= 11 is 0. The van der Waals surface area contributed by atoms with Crippen LogP contribution in [0.15, 0.2) is 35.5 Å². The lowest BCUT2D eigenvalue weighted by atomic mass is 10.3. The van der Waals surface area contributed by atoms with Crippen molar-refractivity contribution < 1.29 is 8.42 Å². The maximum absolute atomic E-state index is 12.3. The van der Waals surface area contributed by atoms with Crippen molar-refractivity contribution >= 4 is 15.7 Å². The Morgan fingerprint density at radius 2 is 2.00 bits per heavy atom. The van der Waals surface area contributed by atoms with Crippen LogP contribution in [-0.4, -0.2) is 48.1 Å². The molecule has 0 radical (unpaired) electrons. The van der Waals surface area contributed by atoms with Gasteiger partial charge in [-0.2, -0.15) is 0 Å². The number of aromatic nitrogens is 3. The SMILES string of the molecule is CN(C)S(=O)(=O)c1ccccc1NCCc1nncn1C. The van der Waals surface area contributed by atoms with Crippen LogP contribution >= 0.6 is 0 Å². The number of benzene rings is 1. The summed E-state index contributed by atoms with van der Waals surface area (Å²) in [5, 5.41) is 11.0. The molecule has 1 aromatic heterocycles. The molecule has 0 amide bonds. The predicted molar refractivity (Wildman–Crippen MR) is 80.5 cm³/mol. The van der Waals surface area contributed by atoms with Gasteiger partial charge in [-0.1, -0.05) is 12.1 Å². The Hall–Kier alpha value is -1.93. The van der Waals surface area contributed by atoms with Crippen molar-refractivity contribution in [1.82, 2.24) is 19.1 Å². The quantitative estimate of drug-likeness (QED) is 0.850. The van der Waals surface area contributed by atoms with E-state index in [1.54, 1.807) is 30.6 Å². The second kappa shape index (κ2) is 6.23. The summed E-state index contributed by atoms with van der Waals surface area (Å²) in [6.45, 7) is 0.576. The fourth-order valence-electron chi connectivity index (χ4n) is 1.88. The lowest BCUT2D eigenvalue weighted by Gasteiger charge is -2.16. The van der Waals surface area contributed by atoms with Crippen LogP contribution in [0.3, 0.4) is 0 Å². The van der Waals surface area contributed by atoms with Crippen LogP contribution in [0.4, 0.5) is 5.69 Å². The van der Waals surface area contributed by atoms with Crippen LogP contribution in [0.2, 0.25) is 0 Å². The monoisotopic (exact) mass is 309 g/mol. The highest BCUT2D eigenvalue weighted by Crippen LogP contribution is 2.22. The normalized spacial score (nSPS) is 11.8. The zero-order valence-corrected chi connectivity index (χ0v) is 13.1. The van der Waals surface area contributed by atoms with Crippen LogP contribution in [-0.2, 0) is 23.5 Å². The summed E-state index contributed by atoms with van der Waals surface area (Å²) in [6.07, 6.45) is 2.30. The van der Waals surface area contributed by atoms with Gasteiger partial charge in [0.25, 0.3) is 0 Å². The minimum atomic E-state index is -3.46. The Kier molecular flexibility index (Phi) is 4.59. The first-order valence-electron chi connectivity index (χ1n) is 6.51. The maximum atomic E-state index is 12.3. The number of rotatable bonds is 6. The van der Waals surface area contributed by atoms with E-state index in [1.807, 2.05) is 11.6 Å². The summed E-state index contributed by atoms with van der Waals surface area (Å²) < 4.78 is 27.6. The molecule has 0 aliphatic rings. The second-order valence-electron chi connectivity index (χ2n) is 4.82. The van der Waals surface area contributed by atoms with Crippen molar-refractivity contribution in [2.75, 3.05) is 26.0 Å². The average Bonchev–Trinajstić information content (AvgIpc) is 2.85. The molecule has 0 unspecified atom stereocenters. The number of aryl methyl sites for hydroxylation is 1. The fourth-order valence-corrected chi connectivity index (χ4v) is 2.94. The first kappa shape index (κ1) is 15.5. The van der Waals surface area contributed by atoms with Gasteiger partial charge >= 0.3 is 0 Å². The molecule has 0 aliphatic heterocycles. The third kappa shape index (κ3) is 3.40. The van der Waals surface area contributed by atoms with E-state index >= 15 is 0 Å². The molecule has 0 fully saturated rings. The number of nitrogens with one attached hydrogen (secondary N) is 1. The van der Waals surface area contributed by atoms with Crippen LogP contribution in [0.5, 0.6) is 0 Å². The fraction of sp³-hybridized carbons (Fsp3) is 0.385. The highest BCUT2D eigenvalue weighted by atomic mass is 32.2. The van der Waals surface area contributed by atoms with Crippen molar-refractivity contribution in [3.63, 3.8) is 0 Å². The van der Waals surface area contributed by atoms with Crippen molar-refractivity contribution in [2.45, 2.75) is 11.3 Å². The summed E-state index contributed by atoms with van der Waals surface area (Å²) in [5.74, 6) is 0.843. The smallest absolute Gasteiger partial charge is 0.244 e. The van der Waals surface area contributed by atoms with Crippen molar-refractivity contribution in [1.29, 1.82) is 0 Å². The third-order valence-corrected chi connectivity index (χ3v) is 4.99. The molecule has 1 heterocycles. The summed E-state index contributed by atoms with van der Waals surface area (Å²) in [6, 6.07) is 6.87. The molecule has 7 nitrogen and oxygen atoms in total. The molecule has 1 N–H and O–H groups in total. The van der Waals surface area contributed by atoms with E-state index < -0.39 is 10.0 Å². The van der Waals surface area contributed by atoms with Crippen LogP contribution in [0, 0.1) is 0 Å². The number of hydrogen-bond donors (Lipinski definition) is 1. The number of anilines is 1. The molecule has 0 bridgehead atoms. The third-order valence-electron chi connectivity index (χ3n) is 3.11. The molecule has 0 atom stereocenters. The molecule has 21 heavy (non-hydrogen) atoms. The maximum Gasteiger partial charge on any atom is 0.244 e. The second-order valence-corrected chi connectivity index (χ2v) is 6.94. The number of nitrogens with zero attached hydrogens (tertiary/aromatic N) is 4. The molecular weight excluding hydrogens is 290 g/mol. The molecule has 8 heteroatoms. The van der Waals surface area contributed by atoms with Gasteiger partial charge in [0.2, 0.25) is 10.0 Å². The van der Waals surface area contributed by atoms with E-state index in [0.29, 0.717) is 18.7 Å². The minimum Gasteiger partial charge on any atom is -0.383 e. The summed E-state index contributed by atoms with van der Waals surface area (Å²) in [5.41, 5.74) is 0.591. The van der Waals surface area contributed by atoms with Gasteiger partial charge in [0.05, 0.1) is 5.69 Å². The van der Waals surface area contributed by atoms with Crippen LogP contribution in [0.25, 0.3) is 0 Å². The lowest BCUT2D eigenvalue weighted by Crippen LogP contribution is -2.23. The van der Waals surface area contributed by atoms with E-state index in [0.717, 1.165) is 5.82 Å².